The average molecular weight is 295 g/mol. The number of likely N-dealkylation sites (N-methyl/N-ethyl adjacent to an activating group) is 1. The number of thiophene rings is 1. The Morgan fingerprint density at radius 1 is 1.20 bits per heavy atom. The van der Waals surface area contributed by atoms with E-state index < -0.39 is 5.54 Å². The van der Waals surface area contributed by atoms with E-state index in [-0.39, 0.29) is 11.8 Å². The molecule has 2 rings (SSSR count). The Morgan fingerprint density at radius 2 is 1.80 bits per heavy atom. The normalized spacial score (nSPS) is 16.4. The summed E-state index contributed by atoms with van der Waals surface area (Å²) in [6.07, 6.45) is 0. The second-order valence-corrected chi connectivity index (χ2v) is 6.25. The van der Waals surface area contributed by atoms with Gasteiger partial charge in [0.25, 0.3) is 5.91 Å². The van der Waals surface area contributed by atoms with Gasteiger partial charge >= 0.3 is 0 Å². The lowest BCUT2D eigenvalue weighted by atomic mass is 10.0. The van der Waals surface area contributed by atoms with Crippen LogP contribution in [0.1, 0.15) is 24.2 Å². The van der Waals surface area contributed by atoms with E-state index in [0.717, 1.165) is 5.56 Å². The van der Waals surface area contributed by atoms with E-state index in [4.69, 9.17) is 0 Å². The van der Waals surface area contributed by atoms with Gasteiger partial charge < -0.3 is 15.1 Å². The quantitative estimate of drug-likeness (QED) is 0.906. The minimum atomic E-state index is -0.556. The van der Waals surface area contributed by atoms with Crippen molar-refractivity contribution in [1.29, 1.82) is 0 Å². The van der Waals surface area contributed by atoms with Crippen molar-refractivity contribution in [2.24, 2.45) is 0 Å². The van der Waals surface area contributed by atoms with Crippen LogP contribution < -0.4 is 5.32 Å². The lowest BCUT2D eigenvalue weighted by Gasteiger charge is -2.38. The van der Waals surface area contributed by atoms with E-state index in [9.17, 15) is 9.59 Å². The highest BCUT2D eigenvalue weighted by molar-refractivity contribution is 7.08. The van der Waals surface area contributed by atoms with E-state index in [1.54, 1.807) is 7.05 Å². The molecule has 1 saturated heterocycles. The zero-order valence-corrected chi connectivity index (χ0v) is 13.0. The minimum Gasteiger partial charge on any atom is -0.338 e. The summed E-state index contributed by atoms with van der Waals surface area (Å²) in [6, 6.07) is 1.84. The predicted molar refractivity (Wildman–Crippen MR) is 79.9 cm³/mol. The van der Waals surface area contributed by atoms with Crippen molar-refractivity contribution in [2.75, 3.05) is 33.2 Å². The molecule has 1 aromatic heterocycles. The summed E-state index contributed by atoms with van der Waals surface area (Å²) < 4.78 is 0. The summed E-state index contributed by atoms with van der Waals surface area (Å²) in [7, 11) is 1.79. The highest BCUT2D eigenvalue weighted by Gasteiger charge is 2.33. The molecule has 2 heterocycles. The molecule has 5 nitrogen and oxygen atoms in total. The fourth-order valence-electron chi connectivity index (χ4n) is 2.18. The Kier molecular flexibility index (Phi) is 4.45. The number of nitrogens with one attached hydrogen (secondary N) is 1. The summed E-state index contributed by atoms with van der Waals surface area (Å²) >= 11 is 1.52. The minimum absolute atomic E-state index is 0.0613. The number of rotatable bonds is 3. The molecule has 0 aliphatic carbocycles. The lowest BCUT2D eigenvalue weighted by molar-refractivity contribution is -0.138. The van der Waals surface area contributed by atoms with Crippen LogP contribution >= 0.6 is 11.3 Å². The maximum atomic E-state index is 12.3. The van der Waals surface area contributed by atoms with Crippen LogP contribution in [0.4, 0.5) is 0 Å². The zero-order valence-electron chi connectivity index (χ0n) is 12.2. The molecule has 1 aliphatic rings. The van der Waals surface area contributed by atoms with Crippen molar-refractivity contribution < 1.29 is 9.59 Å². The van der Waals surface area contributed by atoms with Gasteiger partial charge in [0.1, 0.15) is 0 Å². The third-order valence-corrected chi connectivity index (χ3v) is 4.47. The molecule has 110 valence electrons. The van der Waals surface area contributed by atoms with E-state index in [0.29, 0.717) is 26.2 Å². The van der Waals surface area contributed by atoms with Gasteiger partial charge in [0.15, 0.2) is 0 Å². The van der Waals surface area contributed by atoms with Gasteiger partial charge in [0, 0.05) is 31.6 Å². The first kappa shape index (κ1) is 15.0. The van der Waals surface area contributed by atoms with Crippen LogP contribution in [0.5, 0.6) is 0 Å². The topological polar surface area (TPSA) is 52.7 Å². The summed E-state index contributed by atoms with van der Waals surface area (Å²) in [5, 5.41) is 6.79. The highest BCUT2D eigenvalue weighted by Crippen LogP contribution is 2.14. The molecule has 0 radical (unpaired) electrons. The van der Waals surface area contributed by atoms with Gasteiger partial charge in [-0.3, -0.25) is 9.59 Å². The SMILES string of the molecule is CNC(C)(C)C(=O)N1CCN(C(=O)c2ccsc2)CC1. The van der Waals surface area contributed by atoms with Crippen molar-refractivity contribution in [3.05, 3.63) is 22.4 Å². The molecule has 1 N–H and O–H groups in total. The molecule has 20 heavy (non-hydrogen) atoms. The third-order valence-electron chi connectivity index (χ3n) is 3.78. The van der Waals surface area contributed by atoms with Gasteiger partial charge in [-0.05, 0) is 32.3 Å². The second-order valence-electron chi connectivity index (χ2n) is 5.47. The number of amides is 2. The fraction of sp³-hybridized carbons (Fsp3) is 0.571. The van der Waals surface area contributed by atoms with Crippen molar-refractivity contribution in [3.63, 3.8) is 0 Å². The van der Waals surface area contributed by atoms with Crippen molar-refractivity contribution >= 4 is 23.2 Å². The van der Waals surface area contributed by atoms with Gasteiger partial charge in [-0.25, -0.2) is 0 Å². The Labute approximate surface area is 123 Å². The molecule has 6 heteroatoms. The standard InChI is InChI=1S/C14H21N3O2S/c1-14(2,15-3)13(19)17-7-5-16(6-8-17)12(18)11-4-9-20-10-11/h4,9-10,15H,5-8H2,1-3H3. The van der Waals surface area contributed by atoms with Gasteiger partial charge in [-0.1, -0.05) is 0 Å². The second kappa shape index (κ2) is 5.93. The molecule has 1 aliphatic heterocycles. The van der Waals surface area contributed by atoms with Crippen molar-refractivity contribution in [2.45, 2.75) is 19.4 Å². The van der Waals surface area contributed by atoms with Crippen LogP contribution in [-0.4, -0.2) is 60.4 Å². The summed E-state index contributed by atoms with van der Waals surface area (Å²) in [5.74, 6) is 0.147. The van der Waals surface area contributed by atoms with Crippen molar-refractivity contribution in [3.8, 4) is 0 Å². The largest absolute Gasteiger partial charge is 0.338 e. The van der Waals surface area contributed by atoms with Crippen LogP contribution in [0.25, 0.3) is 0 Å². The van der Waals surface area contributed by atoms with E-state index >= 15 is 0 Å². The first-order valence-electron chi connectivity index (χ1n) is 6.75. The third kappa shape index (κ3) is 3.02. The van der Waals surface area contributed by atoms with Gasteiger partial charge in [0.2, 0.25) is 5.91 Å². The highest BCUT2D eigenvalue weighted by atomic mass is 32.1. The molecule has 0 saturated carbocycles. The fourth-order valence-corrected chi connectivity index (χ4v) is 2.81. The number of carbonyl (C=O) groups is 2. The number of carbonyl (C=O) groups excluding carboxylic acids is 2. The van der Waals surface area contributed by atoms with Crippen molar-refractivity contribution in [1.82, 2.24) is 15.1 Å². The van der Waals surface area contributed by atoms with Crippen LogP contribution in [0.2, 0.25) is 0 Å². The molecule has 2 amide bonds. The molecule has 1 aromatic rings. The predicted octanol–water partition coefficient (Wildman–Crippen LogP) is 1.03. The first-order valence-corrected chi connectivity index (χ1v) is 7.70. The van der Waals surface area contributed by atoms with Gasteiger partial charge in [-0.15, -0.1) is 0 Å². The molecule has 0 bridgehead atoms. The zero-order chi connectivity index (χ0) is 14.8. The molecule has 0 atom stereocenters. The Hall–Kier alpha value is -1.40. The first-order chi connectivity index (χ1) is 9.45. The van der Waals surface area contributed by atoms with Crippen LogP contribution in [0.15, 0.2) is 16.8 Å². The summed E-state index contributed by atoms with van der Waals surface area (Å²) in [6.45, 7) is 6.14. The molecule has 0 unspecified atom stereocenters. The Balaban J connectivity index is 1.93. The van der Waals surface area contributed by atoms with Crippen LogP contribution in [-0.2, 0) is 4.79 Å². The van der Waals surface area contributed by atoms with Crippen LogP contribution in [0.3, 0.4) is 0 Å². The smallest absolute Gasteiger partial charge is 0.254 e. The van der Waals surface area contributed by atoms with Gasteiger partial charge in [-0.2, -0.15) is 11.3 Å². The molecular formula is C14H21N3O2S. The van der Waals surface area contributed by atoms with E-state index in [2.05, 4.69) is 5.32 Å². The number of hydrogen-bond donors (Lipinski definition) is 1. The molecular weight excluding hydrogens is 274 g/mol. The van der Waals surface area contributed by atoms with E-state index in [1.165, 1.54) is 11.3 Å². The Morgan fingerprint density at radius 3 is 2.30 bits per heavy atom. The van der Waals surface area contributed by atoms with E-state index in [1.807, 2.05) is 40.5 Å². The molecule has 0 spiro atoms. The monoisotopic (exact) mass is 295 g/mol. The van der Waals surface area contributed by atoms with Gasteiger partial charge in [0.05, 0.1) is 11.1 Å². The maximum absolute atomic E-state index is 12.3. The lowest BCUT2D eigenvalue weighted by Crippen LogP contribution is -2.58. The summed E-state index contributed by atoms with van der Waals surface area (Å²) in [5.41, 5.74) is 0.185. The average Bonchev–Trinajstić information content (AvgIpc) is 3.00. The summed E-state index contributed by atoms with van der Waals surface area (Å²) in [4.78, 5) is 28.2. The molecule has 1 fully saturated rings. The Bertz CT molecular complexity index is 477. The maximum Gasteiger partial charge on any atom is 0.254 e. The number of nitrogens with zero attached hydrogens (tertiary/aromatic N) is 2. The number of hydrogen-bond acceptors (Lipinski definition) is 4. The molecule has 0 aromatic carbocycles. The number of piperazine rings is 1. The van der Waals surface area contributed by atoms with Crippen LogP contribution in [0, 0.1) is 0 Å².